The van der Waals surface area contributed by atoms with Crippen LogP contribution < -0.4 is 15.2 Å². The SMILES string of the molecule is CCC(NS(=O)(=O)c1ccc(C(N)=O)c(S(=O)(=O)Nc2ccccc2)c1)N1CCOCC1. The molecule has 0 radical (unpaired) electrons. The standard InChI is InChI=1S/C20H26N4O6S2/c1-2-19(24-10-12-30-13-11-24)23-31(26,27)16-8-9-17(20(21)25)18(14-16)32(28,29)22-15-6-4-3-5-7-15/h3-9,14,19,22-23H,2,10-13H2,1H3,(H2,21,25). The van der Waals surface area contributed by atoms with E-state index in [-0.39, 0.29) is 16.1 Å². The van der Waals surface area contributed by atoms with Gasteiger partial charge < -0.3 is 10.5 Å². The molecule has 0 spiro atoms. The van der Waals surface area contributed by atoms with E-state index in [2.05, 4.69) is 9.44 Å². The maximum atomic E-state index is 13.1. The van der Waals surface area contributed by atoms with Gasteiger partial charge in [-0.3, -0.25) is 14.4 Å². The van der Waals surface area contributed by atoms with Crippen LogP contribution in [-0.4, -0.2) is 60.1 Å². The van der Waals surface area contributed by atoms with Crippen LogP contribution in [0.2, 0.25) is 0 Å². The van der Waals surface area contributed by atoms with Gasteiger partial charge in [0.15, 0.2) is 0 Å². The molecule has 2 aromatic carbocycles. The van der Waals surface area contributed by atoms with Gasteiger partial charge in [-0.25, -0.2) is 16.8 Å². The number of amides is 1. The lowest BCUT2D eigenvalue weighted by Crippen LogP contribution is -2.51. The van der Waals surface area contributed by atoms with Crippen molar-refractivity contribution in [2.24, 2.45) is 5.73 Å². The Morgan fingerprint density at radius 2 is 1.72 bits per heavy atom. The Labute approximate surface area is 187 Å². The van der Waals surface area contributed by atoms with Crippen molar-refractivity contribution in [2.75, 3.05) is 31.0 Å². The number of para-hydroxylation sites is 1. The first-order chi connectivity index (χ1) is 15.1. The zero-order valence-corrected chi connectivity index (χ0v) is 19.2. The second-order valence-electron chi connectivity index (χ2n) is 7.19. The molecule has 1 saturated heterocycles. The fourth-order valence-electron chi connectivity index (χ4n) is 3.36. The largest absolute Gasteiger partial charge is 0.379 e. The van der Waals surface area contributed by atoms with Gasteiger partial charge in [0, 0.05) is 18.8 Å². The predicted octanol–water partition coefficient (Wildman–Crippen LogP) is 0.933. The summed E-state index contributed by atoms with van der Waals surface area (Å²) in [6.45, 7) is 3.99. The molecule has 4 N–H and O–H groups in total. The molecule has 32 heavy (non-hydrogen) atoms. The van der Waals surface area contributed by atoms with Crippen molar-refractivity contribution in [3.63, 3.8) is 0 Å². The number of ether oxygens (including phenoxy) is 1. The average Bonchev–Trinajstić information content (AvgIpc) is 2.78. The van der Waals surface area contributed by atoms with Gasteiger partial charge in [0.05, 0.1) is 29.8 Å². The second kappa shape index (κ2) is 9.96. The summed E-state index contributed by atoms with van der Waals surface area (Å²) >= 11 is 0. The van der Waals surface area contributed by atoms with Crippen LogP contribution in [0.4, 0.5) is 5.69 Å². The fourth-order valence-corrected chi connectivity index (χ4v) is 6.07. The van der Waals surface area contributed by atoms with E-state index in [1.54, 1.807) is 18.2 Å². The van der Waals surface area contributed by atoms with E-state index >= 15 is 0 Å². The number of anilines is 1. The van der Waals surface area contributed by atoms with Crippen LogP contribution in [-0.2, 0) is 24.8 Å². The fraction of sp³-hybridized carbons (Fsp3) is 0.350. The lowest BCUT2D eigenvalue weighted by molar-refractivity contribution is 0.0133. The molecule has 1 aliphatic heterocycles. The highest BCUT2D eigenvalue weighted by Gasteiger charge is 2.28. The van der Waals surface area contributed by atoms with Crippen LogP contribution in [0, 0.1) is 0 Å². The molecule has 1 fully saturated rings. The minimum absolute atomic E-state index is 0.257. The average molecular weight is 483 g/mol. The van der Waals surface area contributed by atoms with Crippen LogP contribution in [0.1, 0.15) is 23.7 Å². The smallest absolute Gasteiger partial charge is 0.262 e. The van der Waals surface area contributed by atoms with Crippen molar-refractivity contribution in [3.8, 4) is 0 Å². The van der Waals surface area contributed by atoms with Gasteiger partial charge in [-0.2, -0.15) is 4.72 Å². The number of primary amides is 1. The van der Waals surface area contributed by atoms with Crippen LogP contribution in [0.5, 0.6) is 0 Å². The number of sulfonamides is 2. The molecule has 0 saturated carbocycles. The molecule has 3 rings (SSSR count). The number of hydrogen-bond acceptors (Lipinski definition) is 7. The highest BCUT2D eigenvalue weighted by molar-refractivity contribution is 7.93. The van der Waals surface area contributed by atoms with Crippen LogP contribution >= 0.6 is 0 Å². The maximum absolute atomic E-state index is 13.1. The molecule has 12 heteroatoms. The molecule has 2 aromatic rings. The number of carbonyl (C=O) groups excluding carboxylic acids is 1. The van der Waals surface area contributed by atoms with Crippen LogP contribution in [0.15, 0.2) is 58.3 Å². The maximum Gasteiger partial charge on any atom is 0.262 e. The highest BCUT2D eigenvalue weighted by Crippen LogP contribution is 2.24. The lowest BCUT2D eigenvalue weighted by atomic mass is 10.2. The van der Waals surface area contributed by atoms with Gasteiger partial charge >= 0.3 is 0 Å². The minimum atomic E-state index is -4.30. The highest BCUT2D eigenvalue weighted by atomic mass is 32.2. The molecule has 1 amide bonds. The normalized spacial score (nSPS) is 16.4. The van der Waals surface area contributed by atoms with E-state index in [0.29, 0.717) is 32.7 Å². The number of nitrogens with one attached hydrogen (secondary N) is 2. The summed E-state index contributed by atoms with van der Waals surface area (Å²) in [6.07, 6.45) is 0.0153. The van der Waals surface area contributed by atoms with E-state index in [0.717, 1.165) is 18.2 Å². The van der Waals surface area contributed by atoms with Gasteiger partial charge in [0.25, 0.3) is 10.0 Å². The Hall–Kier alpha value is -2.51. The number of nitrogens with zero attached hydrogens (tertiary/aromatic N) is 1. The zero-order valence-electron chi connectivity index (χ0n) is 17.5. The molecule has 10 nitrogen and oxygen atoms in total. The number of rotatable bonds is 9. The third kappa shape index (κ3) is 5.64. The van der Waals surface area contributed by atoms with Crippen molar-refractivity contribution < 1.29 is 26.4 Å². The van der Waals surface area contributed by atoms with Crippen LogP contribution in [0.3, 0.4) is 0 Å². The summed E-state index contributed by atoms with van der Waals surface area (Å²) in [4.78, 5) is 13.0. The lowest BCUT2D eigenvalue weighted by Gasteiger charge is -2.34. The zero-order chi connectivity index (χ0) is 23.4. The van der Waals surface area contributed by atoms with Crippen molar-refractivity contribution in [1.82, 2.24) is 9.62 Å². The quantitative estimate of drug-likeness (QED) is 0.481. The Morgan fingerprint density at radius 3 is 2.31 bits per heavy atom. The molecule has 1 heterocycles. The molecule has 1 aliphatic rings. The Balaban J connectivity index is 1.96. The van der Waals surface area contributed by atoms with Gasteiger partial charge in [0.1, 0.15) is 4.90 Å². The number of benzene rings is 2. The van der Waals surface area contributed by atoms with Gasteiger partial charge in [-0.1, -0.05) is 25.1 Å². The summed E-state index contributed by atoms with van der Waals surface area (Å²) in [6, 6.07) is 11.2. The molecule has 0 aliphatic carbocycles. The second-order valence-corrected chi connectivity index (χ2v) is 10.6. The van der Waals surface area contributed by atoms with Crippen molar-refractivity contribution in [3.05, 3.63) is 54.1 Å². The number of nitrogens with two attached hydrogens (primary N) is 1. The first kappa shape index (κ1) is 24.1. The monoisotopic (exact) mass is 482 g/mol. The third-order valence-electron chi connectivity index (χ3n) is 5.01. The van der Waals surface area contributed by atoms with Crippen molar-refractivity contribution in [2.45, 2.75) is 29.3 Å². The predicted molar refractivity (Wildman–Crippen MR) is 119 cm³/mol. The molecule has 1 unspecified atom stereocenters. The van der Waals surface area contributed by atoms with Crippen molar-refractivity contribution in [1.29, 1.82) is 0 Å². The van der Waals surface area contributed by atoms with Gasteiger partial charge in [0.2, 0.25) is 15.9 Å². The van der Waals surface area contributed by atoms with E-state index in [9.17, 15) is 21.6 Å². The number of carbonyl (C=O) groups is 1. The third-order valence-corrected chi connectivity index (χ3v) is 7.89. The summed E-state index contributed by atoms with van der Waals surface area (Å²) in [5.41, 5.74) is 5.29. The summed E-state index contributed by atoms with van der Waals surface area (Å²) < 4.78 is 62.3. The van der Waals surface area contributed by atoms with E-state index in [1.165, 1.54) is 12.1 Å². The first-order valence-electron chi connectivity index (χ1n) is 10.00. The van der Waals surface area contributed by atoms with Crippen molar-refractivity contribution >= 4 is 31.6 Å². The Bertz CT molecular complexity index is 1160. The molecule has 1 atom stereocenters. The summed E-state index contributed by atoms with van der Waals surface area (Å²) in [7, 11) is -8.39. The molecular formula is C20H26N4O6S2. The number of hydrogen-bond donors (Lipinski definition) is 3. The molecule has 0 bridgehead atoms. The van der Waals surface area contributed by atoms with Gasteiger partial charge in [-0.15, -0.1) is 0 Å². The molecule has 0 aromatic heterocycles. The minimum Gasteiger partial charge on any atom is -0.379 e. The Morgan fingerprint density at radius 1 is 1.06 bits per heavy atom. The summed E-state index contributed by atoms with van der Waals surface area (Å²) in [5, 5.41) is 0. The van der Waals surface area contributed by atoms with E-state index < -0.39 is 37.0 Å². The number of morpholine rings is 1. The van der Waals surface area contributed by atoms with E-state index in [1.807, 2.05) is 11.8 Å². The van der Waals surface area contributed by atoms with Gasteiger partial charge in [-0.05, 0) is 36.8 Å². The topological polar surface area (TPSA) is 148 Å². The molecule has 174 valence electrons. The molecular weight excluding hydrogens is 456 g/mol. The first-order valence-corrected chi connectivity index (χ1v) is 13.0. The van der Waals surface area contributed by atoms with Crippen LogP contribution in [0.25, 0.3) is 0 Å². The van der Waals surface area contributed by atoms with E-state index in [4.69, 9.17) is 10.5 Å². The Kier molecular flexibility index (Phi) is 7.51. The summed E-state index contributed by atoms with van der Waals surface area (Å²) in [5.74, 6) is -0.991.